The molecule has 0 atom stereocenters. The molecule has 1 aromatic heterocycles. The van der Waals surface area contributed by atoms with Crippen LogP contribution in [0.2, 0.25) is 0 Å². The minimum absolute atomic E-state index is 0.136. The number of nitrogens with one attached hydrogen (secondary N) is 3. The Labute approximate surface area is 139 Å². The zero-order chi connectivity index (χ0) is 16.8. The number of nitrogens with zero attached hydrogens (tertiary/aromatic N) is 1. The lowest BCUT2D eigenvalue weighted by Gasteiger charge is -2.06. The Bertz CT molecular complexity index is 853. The number of rotatable bonds is 6. The number of hydrazone groups is 1. The number of aromatic amines is 1. The third kappa shape index (κ3) is 3.73. The number of benzene rings is 2. The summed E-state index contributed by atoms with van der Waals surface area (Å²) in [7, 11) is 1.61. The van der Waals surface area contributed by atoms with Crippen molar-refractivity contribution in [2.75, 3.05) is 19.0 Å². The van der Waals surface area contributed by atoms with Gasteiger partial charge in [-0.2, -0.15) is 5.10 Å². The van der Waals surface area contributed by atoms with Gasteiger partial charge in [0.25, 0.3) is 5.91 Å². The van der Waals surface area contributed by atoms with Crippen LogP contribution in [0.1, 0.15) is 5.56 Å². The van der Waals surface area contributed by atoms with Crippen LogP contribution >= 0.6 is 0 Å². The van der Waals surface area contributed by atoms with Crippen LogP contribution in [0.5, 0.6) is 5.75 Å². The lowest BCUT2D eigenvalue weighted by molar-refractivity contribution is -0.119. The van der Waals surface area contributed by atoms with Gasteiger partial charge in [0, 0.05) is 28.4 Å². The first-order chi connectivity index (χ1) is 11.8. The maximum absolute atomic E-state index is 11.8. The quantitative estimate of drug-likeness (QED) is 0.482. The van der Waals surface area contributed by atoms with Crippen LogP contribution in [0.4, 0.5) is 5.69 Å². The van der Waals surface area contributed by atoms with Gasteiger partial charge in [0.15, 0.2) is 0 Å². The average molecular weight is 322 g/mol. The van der Waals surface area contributed by atoms with Crippen molar-refractivity contribution in [1.29, 1.82) is 0 Å². The van der Waals surface area contributed by atoms with E-state index in [4.69, 9.17) is 4.74 Å². The van der Waals surface area contributed by atoms with Crippen LogP contribution in [-0.4, -0.2) is 30.8 Å². The highest BCUT2D eigenvalue weighted by Gasteiger charge is 2.02. The number of ether oxygens (including phenoxy) is 1. The third-order valence-electron chi connectivity index (χ3n) is 3.56. The van der Waals surface area contributed by atoms with E-state index >= 15 is 0 Å². The molecule has 0 saturated carbocycles. The van der Waals surface area contributed by atoms with Crippen LogP contribution in [0.15, 0.2) is 59.8 Å². The van der Waals surface area contributed by atoms with Crippen molar-refractivity contribution >= 4 is 28.7 Å². The largest absolute Gasteiger partial charge is 0.497 e. The molecule has 3 N–H and O–H groups in total. The monoisotopic (exact) mass is 322 g/mol. The number of carbonyl (C=O) groups excluding carboxylic acids is 1. The topological polar surface area (TPSA) is 78.5 Å². The first-order valence-corrected chi connectivity index (χ1v) is 7.52. The van der Waals surface area contributed by atoms with E-state index in [0.29, 0.717) is 0 Å². The lowest BCUT2D eigenvalue weighted by Crippen LogP contribution is -2.25. The van der Waals surface area contributed by atoms with Crippen molar-refractivity contribution in [3.8, 4) is 5.75 Å². The van der Waals surface area contributed by atoms with E-state index in [1.54, 1.807) is 13.3 Å². The van der Waals surface area contributed by atoms with Crippen molar-refractivity contribution < 1.29 is 9.53 Å². The van der Waals surface area contributed by atoms with E-state index in [-0.39, 0.29) is 12.5 Å². The number of amides is 1. The highest BCUT2D eigenvalue weighted by Crippen LogP contribution is 2.16. The van der Waals surface area contributed by atoms with Gasteiger partial charge in [-0.3, -0.25) is 4.79 Å². The van der Waals surface area contributed by atoms with E-state index < -0.39 is 0 Å². The van der Waals surface area contributed by atoms with E-state index in [2.05, 4.69) is 20.8 Å². The molecule has 2 aromatic carbocycles. The van der Waals surface area contributed by atoms with E-state index in [1.807, 2.05) is 54.7 Å². The minimum atomic E-state index is -0.220. The summed E-state index contributed by atoms with van der Waals surface area (Å²) < 4.78 is 5.09. The molecule has 0 saturated heterocycles. The van der Waals surface area contributed by atoms with Gasteiger partial charge in [0.2, 0.25) is 0 Å². The second-order valence-corrected chi connectivity index (χ2v) is 5.16. The molecule has 0 spiro atoms. The number of hydrogen-bond donors (Lipinski definition) is 3. The summed E-state index contributed by atoms with van der Waals surface area (Å²) in [5.41, 5.74) is 5.31. The van der Waals surface area contributed by atoms with Crippen molar-refractivity contribution in [2.24, 2.45) is 5.10 Å². The smallest absolute Gasteiger partial charge is 0.259 e. The third-order valence-corrected chi connectivity index (χ3v) is 3.56. The van der Waals surface area contributed by atoms with Crippen molar-refractivity contribution in [3.63, 3.8) is 0 Å². The zero-order valence-corrected chi connectivity index (χ0v) is 13.2. The molecule has 3 aromatic rings. The van der Waals surface area contributed by atoms with Gasteiger partial charge in [-0.05, 0) is 30.3 Å². The highest BCUT2D eigenvalue weighted by molar-refractivity contribution is 5.99. The predicted octanol–water partition coefficient (Wildman–Crippen LogP) is 2.74. The Kier molecular flexibility index (Phi) is 4.76. The summed E-state index contributed by atoms with van der Waals surface area (Å²) in [5, 5.41) is 8.08. The SMILES string of the molecule is COc1ccc(NCC(=O)N/N=C\c2c[nH]c3ccccc23)cc1. The molecule has 6 nitrogen and oxygen atoms in total. The van der Waals surface area contributed by atoms with Crippen LogP contribution in [0, 0.1) is 0 Å². The van der Waals surface area contributed by atoms with Crippen LogP contribution < -0.4 is 15.5 Å². The van der Waals surface area contributed by atoms with Gasteiger partial charge in [0.1, 0.15) is 5.75 Å². The van der Waals surface area contributed by atoms with Gasteiger partial charge in [-0.25, -0.2) is 5.43 Å². The standard InChI is InChI=1S/C18H18N4O2/c1-24-15-8-6-14(7-9-15)19-12-18(23)22-21-11-13-10-20-17-5-3-2-4-16(13)17/h2-11,19-20H,12H2,1H3,(H,22,23)/b21-11-. The van der Waals surface area contributed by atoms with Crippen molar-refractivity contribution in [1.82, 2.24) is 10.4 Å². The number of H-pyrrole nitrogens is 1. The molecule has 0 bridgehead atoms. The first-order valence-electron chi connectivity index (χ1n) is 7.52. The number of carbonyl (C=O) groups is 1. The van der Waals surface area contributed by atoms with Crippen LogP contribution in [-0.2, 0) is 4.79 Å². The molecule has 0 aliphatic carbocycles. The van der Waals surface area contributed by atoms with Gasteiger partial charge in [0.05, 0.1) is 19.9 Å². The number of hydrogen-bond acceptors (Lipinski definition) is 4. The molecular weight excluding hydrogens is 304 g/mol. The molecule has 24 heavy (non-hydrogen) atoms. The second-order valence-electron chi connectivity index (χ2n) is 5.16. The Balaban J connectivity index is 1.51. The van der Waals surface area contributed by atoms with Crippen molar-refractivity contribution in [2.45, 2.75) is 0 Å². The number of para-hydroxylation sites is 1. The lowest BCUT2D eigenvalue weighted by atomic mass is 10.2. The minimum Gasteiger partial charge on any atom is -0.497 e. The normalized spacial score (nSPS) is 10.9. The zero-order valence-electron chi connectivity index (χ0n) is 13.2. The molecule has 0 aliphatic heterocycles. The Hall–Kier alpha value is -3.28. The number of methoxy groups -OCH3 is 1. The molecule has 0 fully saturated rings. The average Bonchev–Trinajstić information content (AvgIpc) is 3.04. The van der Waals surface area contributed by atoms with E-state index in [9.17, 15) is 4.79 Å². The molecule has 1 amide bonds. The van der Waals surface area contributed by atoms with Crippen molar-refractivity contribution in [3.05, 3.63) is 60.3 Å². The molecule has 6 heteroatoms. The van der Waals surface area contributed by atoms with Gasteiger partial charge >= 0.3 is 0 Å². The highest BCUT2D eigenvalue weighted by atomic mass is 16.5. The Morgan fingerprint density at radius 3 is 2.79 bits per heavy atom. The first kappa shape index (κ1) is 15.6. The second kappa shape index (κ2) is 7.32. The molecule has 122 valence electrons. The van der Waals surface area contributed by atoms with Gasteiger partial charge in [-0.15, -0.1) is 0 Å². The van der Waals surface area contributed by atoms with Gasteiger partial charge < -0.3 is 15.0 Å². The van der Waals surface area contributed by atoms with E-state index in [0.717, 1.165) is 27.9 Å². The number of anilines is 1. The number of aromatic nitrogens is 1. The van der Waals surface area contributed by atoms with Gasteiger partial charge in [-0.1, -0.05) is 18.2 Å². The molecule has 0 radical (unpaired) electrons. The fraction of sp³-hybridized carbons (Fsp3) is 0.111. The van der Waals surface area contributed by atoms with Crippen LogP contribution in [0.25, 0.3) is 10.9 Å². The Morgan fingerprint density at radius 1 is 1.21 bits per heavy atom. The summed E-state index contributed by atoms with van der Waals surface area (Å²) in [5.74, 6) is 0.551. The fourth-order valence-electron chi connectivity index (χ4n) is 2.31. The summed E-state index contributed by atoms with van der Waals surface area (Å²) in [6.07, 6.45) is 3.49. The summed E-state index contributed by atoms with van der Waals surface area (Å²) >= 11 is 0. The summed E-state index contributed by atoms with van der Waals surface area (Å²) in [4.78, 5) is 15.0. The molecule has 3 rings (SSSR count). The summed E-state index contributed by atoms with van der Waals surface area (Å²) in [6, 6.07) is 15.3. The predicted molar refractivity (Wildman–Crippen MR) is 95.5 cm³/mol. The Morgan fingerprint density at radius 2 is 2.00 bits per heavy atom. The maximum atomic E-state index is 11.8. The van der Waals surface area contributed by atoms with Crippen LogP contribution in [0.3, 0.4) is 0 Å². The maximum Gasteiger partial charge on any atom is 0.259 e. The molecule has 0 unspecified atom stereocenters. The number of fused-ring (bicyclic) bond motifs is 1. The molecule has 1 heterocycles. The molecule has 0 aliphatic rings. The van der Waals surface area contributed by atoms with E-state index in [1.165, 1.54) is 0 Å². The molecular formula is C18H18N4O2. The fourth-order valence-corrected chi connectivity index (χ4v) is 2.31. The summed E-state index contributed by atoms with van der Waals surface area (Å²) in [6.45, 7) is 0.136.